The second-order valence-corrected chi connectivity index (χ2v) is 12.7. The minimum absolute atomic E-state index is 0.00192. The maximum Gasteiger partial charge on any atom is 0.264 e. The summed E-state index contributed by atoms with van der Waals surface area (Å²) >= 11 is 12.3. The molecule has 11 heteroatoms. The van der Waals surface area contributed by atoms with Crippen LogP contribution in [0.2, 0.25) is 10.0 Å². The normalized spacial score (nSPS) is 12.7. The lowest BCUT2D eigenvalue weighted by molar-refractivity contribution is -0.139. The molecule has 42 heavy (non-hydrogen) atoms. The predicted molar refractivity (Wildman–Crippen MR) is 168 cm³/mol. The van der Waals surface area contributed by atoms with Gasteiger partial charge in [0.1, 0.15) is 18.3 Å². The van der Waals surface area contributed by atoms with Gasteiger partial charge in [-0.1, -0.05) is 53.9 Å². The number of benzene rings is 3. The van der Waals surface area contributed by atoms with Crippen LogP contribution in [0.25, 0.3) is 0 Å². The Morgan fingerprint density at radius 2 is 1.57 bits per heavy atom. The summed E-state index contributed by atoms with van der Waals surface area (Å²) in [5.74, 6) is -0.389. The Bertz CT molecular complexity index is 1480. The zero-order valence-electron chi connectivity index (χ0n) is 24.4. The van der Waals surface area contributed by atoms with Gasteiger partial charge in [0.15, 0.2) is 0 Å². The standard InChI is InChI=1S/C31H37Cl2N3O5S/c1-6-22(4)34-31(38)23(5)35(19-24-10-17-28(32)29(33)18-24)30(37)20-36(25-11-8-21(3)9-12-25)42(39,40)27-15-13-26(14-16-27)41-7-2/h8-18,22-23H,6-7,19-20H2,1-5H3,(H,34,38)/t22-,23+/m0/s1. The fourth-order valence-corrected chi connectivity index (χ4v) is 5.86. The Hall–Kier alpha value is -3.27. The number of rotatable bonds is 13. The molecule has 0 unspecified atom stereocenters. The number of carbonyl (C=O) groups excluding carboxylic acids is 2. The van der Waals surface area contributed by atoms with Gasteiger partial charge in [0.05, 0.1) is 27.2 Å². The van der Waals surface area contributed by atoms with Crippen molar-refractivity contribution >= 4 is 50.7 Å². The van der Waals surface area contributed by atoms with Gasteiger partial charge in [-0.3, -0.25) is 13.9 Å². The molecule has 0 heterocycles. The number of carbonyl (C=O) groups is 2. The second-order valence-electron chi connectivity index (χ2n) is 10.0. The molecule has 0 radical (unpaired) electrons. The Kier molecular flexibility index (Phi) is 11.7. The molecule has 0 aliphatic carbocycles. The van der Waals surface area contributed by atoms with Crippen LogP contribution in [0.3, 0.4) is 0 Å². The molecule has 0 saturated heterocycles. The van der Waals surface area contributed by atoms with Crippen molar-refractivity contribution in [2.24, 2.45) is 0 Å². The number of anilines is 1. The molecule has 3 rings (SSSR count). The number of nitrogens with zero attached hydrogens (tertiary/aromatic N) is 2. The Morgan fingerprint density at radius 1 is 0.929 bits per heavy atom. The smallest absolute Gasteiger partial charge is 0.264 e. The van der Waals surface area contributed by atoms with Crippen molar-refractivity contribution in [3.05, 3.63) is 87.9 Å². The lowest BCUT2D eigenvalue weighted by atomic mass is 10.1. The van der Waals surface area contributed by atoms with Gasteiger partial charge in [-0.05, 0) is 88.2 Å². The van der Waals surface area contributed by atoms with Crippen molar-refractivity contribution in [1.82, 2.24) is 10.2 Å². The van der Waals surface area contributed by atoms with E-state index < -0.39 is 28.5 Å². The minimum atomic E-state index is -4.19. The van der Waals surface area contributed by atoms with E-state index in [1.54, 1.807) is 61.5 Å². The fraction of sp³-hybridized carbons (Fsp3) is 0.355. The second kappa shape index (κ2) is 14.8. The number of amides is 2. The lowest BCUT2D eigenvalue weighted by Crippen LogP contribution is -2.52. The first-order chi connectivity index (χ1) is 19.9. The van der Waals surface area contributed by atoms with Crippen LogP contribution in [0.5, 0.6) is 5.75 Å². The van der Waals surface area contributed by atoms with Crippen LogP contribution in [0.15, 0.2) is 71.6 Å². The number of nitrogens with one attached hydrogen (secondary N) is 1. The molecule has 3 aromatic carbocycles. The number of hydrogen-bond acceptors (Lipinski definition) is 5. The minimum Gasteiger partial charge on any atom is -0.494 e. The van der Waals surface area contributed by atoms with E-state index in [0.29, 0.717) is 40.1 Å². The summed E-state index contributed by atoms with van der Waals surface area (Å²) in [6.45, 7) is 9.06. The van der Waals surface area contributed by atoms with E-state index in [1.807, 2.05) is 27.7 Å². The highest BCUT2D eigenvalue weighted by Crippen LogP contribution is 2.27. The van der Waals surface area contributed by atoms with Gasteiger partial charge in [-0.15, -0.1) is 0 Å². The van der Waals surface area contributed by atoms with E-state index in [4.69, 9.17) is 27.9 Å². The van der Waals surface area contributed by atoms with E-state index in [0.717, 1.165) is 9.87 Å². The zero-order chi connectivity index (χ0) is 31.0. The van der Waals surface area contributed by atoms with Crippen LogP contribution >= 0.6 is 23.2 Å². The Labute approximate surface area is 258 Å². The summed E-state index contributed by atoms with van der Waals surface area (Å²) < 4.78 is 34.5. The van der Waals surface area contributed by atoms with E-state index in [9.17, 15) is 18.0 Å². The number of aryl methyl sites for hydroxylation is 1. The largest absolute Gasteiger partial charge is 0.494 e. The van der Waals surface area contributed by atoms with Crippen LogP contribution in [0, 0.1) is 6.92 Å². The van der Waals surface area contributed by atoms with Crippen molar-refractivity contribution in [2.45, 2.75) is 64.6 Å². The first-order valence-electron chi connectivity index (χ1n) is 13.7. The van der Waals surface area contributed by atoms with E-state index in [-0.39, 0.29) is 23.4 Å². The van der Waals surface area contributed by atoms with Crippen molar-refractivity contribution < 1.29 is 22.7 Å². The monoisotopic (exact) mass is 633 g/mol. The highest BCUT2D eigenvalue weighted by molar-refractivity contribution is 7.92. The van der Waals surface area contributed by atoms with Gasteiger partial charge in [0.2, 0.25) is 11.8 Å². The topological polar surface area (TPSA) is 96.0 Å². The highest BCUT2D eigenvalue weighted by Gasteiger charge is 2.33. The summed E-state index contributed by atoms with van der Waals surface area (Å²) in [4.78, 5) is 28.6. The zero-order valence-corrected chi connectivity index (χ0v) is 26.8. The number of ether oxygens (including phenoxy) is 1. The molecule has 2 atom stereocenters. The first-order valence-corrected chi connectivity index (χ1v) is 15.9. The summed E-state index contributed by atoms with van der Waals surface area (Å²) in [5.41, 5.74) is 1.88. The van der Waals surface area contributed by atoms with Crippen molar-refractivity contribution in [1.29, 1.82) is 0 Å². The maximum absolute atomic E-state index is 14.0. The van der Waals surface area contributed by atoms with Crippen molar-refractivity contribution in [2.75, 3.05) is 17.5 Å². The molecule has 2 amide bonds. The lowest BCUT2D eigenvalue weighted by Gasteiger charge is -2.32. The third-order valence-electron chi connectivity index (χ3n) is 6.83. The number of halogens is 2. The van der Waals surface area contributed by atoms with Crippen LogP contribution in [0.1, 0.15) is 45.2 Å². The van der Waals surface area contributed by atoms with E-state index in [1.165, 1.54) is 17.0 Å². The molecule has 0 spiro atoms. The summed E-state index contributed by atoms with van der Waals surface area (Å²) in [6, 6.07) is 16.8. The molecule has 1 N–H and O–H groups in total. The number of hydrogen-bond donors (Lipinski definition) is 1. The van der Waals surface area contributed by atoms with E-state index in [2.05, 4.69) is 5.32 Å². The fourth-order valence-electron chi connectivity index (χ4n) is 4.12. The van der Waals surface area contributed by atoms with Gasteiger partial charge in [0, 0.05) is 12.6 Å². The molecule has 226 valence electrons. The van der Waals surface area contributed by atoms with Crippen molar-refractivity contribution in [3.8, 4) is 5.75 Å². The average molecular weight is 635 g/mol. The maximum atomic E-state index is 14.0. The SMILES string of the molecule is CCOc1ccc(S(=O)(=O)N(CC(=O)N(Cc2ccc(Cl)c(Cl)c2)[C@H](C)C(=O)N[C@@H](C)CC)c2ccc(C)cc2)cc1. The van der Waals surface area contributed by atoms with Gasteiger partial charge in [0.25, 0.3) is 10.0 Å². The molecule has 0 fully saturated rings. The van der Waals surface area contributed by atoms with Crippen LogP contribution < -0.4 is 14.4 Å². The van der Waals surface area contributed by atoms with Crippen LogP contribution in [-0.2, 0) is 26.2 Å². The number of sulfonamides is 1. The molecule has 0 aliphatic heterocycles. The molecule has 0 aromatic heterocycles. The first kappa shape index (κ1) is 33.2. The Balaban J connectivity index is 2.03. The quantitative estimate of drug-likeness (QED) is 0.241. The van der Waals surface area contributed by atoms with Gasteiger partial charge in [-0.25, -0.2) is 8.42 Å². The third kappa shape index (κ3) is 8.40. The third-order valence-corrected chi connectivity index (χ3v) is 9.36. The highest BCUT2D eigenvalue weighted by atomic mass is 35.5. The molecule has 0 saturated carbocycles. The summed E-state index contributed by atoms with van der Waals surface area (Å²) in [6.07, 6.45) is 0.709. The van der Waals surface area contributed by atoms with E-state index >= 15 is 0 Å². The molecular weight excluding hydrogens is 597 g/mol. The summed E-state index contributed by atoms with van der Waals surface area (Å²) in [5, 5.41) is 3.57. The molecule has 3 aromatic rings. The van der Waals surface area contributed by atoms with Crippen LogP contribution in [-0.4, -0.2) is 50.4 Å². The average Bonchev–Trinajstić information content (AvgIpc) is 2.96. The Morgan fingerprint density at radius 3 is 2.14 bits per heavy atom. The van der Waals surface area contributed by atoms with Crippen molar-refractivity contribution in [3.63, 3.8) is 0 Å². The molecule has 0 bridgehead atoms. The molecule has 0 aliphatic rings. The molecular formula is C31H37Cl2N3O5S. The predicted octanol–water partition coefficient (Wildman–Crippen LogP) is 6.23. The van der Waals surface area contributed by atoms with Crippen LogP contribution in [0.4, 0.5) is 5.69 Å². The summed E-state index contributed by atoms with van der Waals surface area (Å²) in [7, 11) is -4.19. The van der Waals surface area contributed by atoms with Gasteiger partial charge < -0.3 is 15.0 Å². The van der Waals surface area contributed by atoms with Gasteiger partial charge in [-0.2, -0.15) is 0 Å². The van der Waals surface area contributed by atoms with Gasteiger partial charge >= 0.3 is 0 Å². The molecule has 8 nitrogen and oxygen atoms in total.